The molecule has 1 aliphatic rings. The van der Waals surface area contributed by atoms with Crippen LogP contribution < -0.4 is 0 Å². The van der Waals surface area contributed by atoms with Gasteiger partial charge in [0.1, 0.15) is 0 Å². The highest BCUT2D eigenvalue weighted by molar-refractivity contribution is 6.04. The van der Waals surface area contributed by atoms with Gasteiger partial charge in [-0.25, -0.2) is 0 Å². The van der Waals surface area contributed by atoms with Gasteiger partial charge >= 0.3 is 0 Å². The predicted octanol–water partition coefficient (Wildman–Crippen LogP) is 3.64. The first kappa shape index (κ1) is 18.0. The van der Waals surface area contributed by atoms with Crippen LogP contribution in [0.4, 0.5) is 0 Å². The lowest BCUT2D eigenvalue weighted by molar-refractivity contribution is 0.0647. The zero-order valence-electron chi connectivity index (χ0n) is 15.6. The van der Waals surface area contributed by atoms with Crippen molar-refractivity contribution in [2.24, 2.45) is 4.99 Å². The highest BCUT2D eigenvalue weighted by atomic mass is 15.4. The molecule has 128 valence electrons. The maximum Gasteiger partial charge on any atom is 0.157 e. The fourth-order valence-electron chi connectivity index (χ4n) is 4.04. The molecule has 0 saturated heterocycles. The summed E-state index contributed by atoms with van der Waals surface area (Å²) in [5.74, 6) is 0. The molecule has 4 heteroatoms. The smallest absolute Gasteiger partial charge is 0.157 e. The van der Waals surface area contributed by atoms with Gasteiger partial charge in [0.15, 0.2) is 5.66 Å². The Morgan fingerprint density at radius 3 is 2.13 bits per heavy atom. The second-order valence-electron chi connectivity index (χ2n) is 6.98. The SMILES string of the molecule is CCCC1(CCC)C=CC(C(c2ccc[nH]2)(N(C)C)N(C)C)=N1. The second kappa shape index (κ2) is 7.02. The van der Waals surface area contributed by atoms with Gasteiger partial charge in [0.25, 0.3) is 0 Å². The van der Waals surface area contributed by atoms with E-state index in [2.05, 4.69) is 81.1 Å². The first-order valence-electron chi connectivity index (χ1n) is 8.71. The van der Waals surface area contributed by atoms with Crippen LogP contribution in [0, 0.1) is 0 Å². The summed E-state index contributed by atoms with van der Waals surface area (Å²) in [5.41, 5.74) is 1.88. The summed E-state index contributed by atoms with van der Waals surface area (Å²) in [5, 5.41) is 0. The Morgan fingerprint density at radius 2 is 1.70 bits per heavy atom. The molecule has 0 aliphatic carbocycles. The van der Waals surface area contributed by atoms with Crippen LogP contribution in [0.15, 0.2) is 35.5 Å². The summed E-state index contributed by atoms with van der Waals surface area (Å²) in [4.78, 5) is 13.2. The molecular weight excluding hydrogens is 284 g/mol. The van der Waals surface area contributed by atoms with Crippen LogP contribution in [-0.2, 0) is 5.66 Å². The Hall–Kier alpha value is -1.39. The van der Waals surface area contributed by atoms with Crippen LogP contribution in [0.1, 0.15) is 45.2 Å². The largest absolute Gasteiger partial charge is 0.362 e. The molecule has 0 saturated carbocycles. The first-order valence-corrected chi connectivity index (χ1v) is 8.71. The van der Waals surface area contributed by atoms with E-state index in [0.717, 1.165) is 37.1 Å². The molecule has 1 N–H and O–H groups in total. The number of aromatic amines is 1. The van der Waals surface area contributed by atoms with Gasteiger partial charge in [0, 0.05) is 6.20 Å². The molecule has 1 aromatic rings. The van der Waals surface area contributed by atoms with Gasteiger partial charge in [-0.2, -0.15) is 0 Å². The molecule has 2 heterocycles. The summed E-state index contributed by atoms with van der Waals surface area (Å²) in [7, 11) is 8.49. The fraction of sp³-hybridized carbons (Fsp3) is 0.632. The van der Waals surface area contributed by atoms with E-state index in [0.29, 0.717) is 0 Å². The van der Waals surface area contributed by atoms with Gasteiger partial charge in [0.05, 0.1) is 16.9 Å². The monoisotopic (exact) mass is 316 g/mol. The Morgan fingerprint density at radius 1 is 1.09 bits per heavy atom. The Kier molecular flexibility index (Phi) is 5.48. The molecule has 4 nitrogen and oxygen atoms in total. The van der Waals surface area contributed by atoms with Gasteiger partial charge in [-0.3, -0.25) is 14.8 Å². The second-order valence-corrected chi connectivity index (χ2v) is 6.98. The number of H-pyrrole nitrogens is 1. The molecule has 1 aromatic heterocycles. The van der Waals surface area contributed by atoms with Crippen molar-refractivity contribution in [1.29, 1.82) is 0 Å². The zero-order chi connectivity index (χ0) is 17.1. The normalized spacial score (nSPS) is 17.3. The lowest BCUT2D eigenvalue weighted by atomic mass is 9.90. The molecule has 23 heavy (non-hydrogen) atoms. The van der Waals surface area contributed by atoms with Crippen molar-refractivity contribution in [2.45, 2.75) is 50.7 Å². The first-order chi connectivity index (χ1) is 10.9. The maximum absolute atomic E-state index is 5.27. The number of hydrogen-bond donors (Lipinski definition) is 1. The number of nitrogens with zero attached hydrogens (tertiary/aromatic N) is 3. The van der Waals surface area contributed by atoms with E-state index in [9.17, 15) is 0 Å². The summed E-state index contributed by atoms with van der Waals surface area (Å²) in [6, 6.07) is 4.21. The molecule has 0 radical (unpaired) electrons. The van der Waals surface area contributed by atoms with E-state index in [4.69, 9.17) is 4.99 Å². The summed E-state index contributed by atoms with van der Waals surface area (Å²) >= 11 is 0. The lowest BCUT2D eigenvalue weighted by Crippen LogP contribution is -2.57. The third-order valence-electron chi connectivity index (χ3n) is 4.89. The standard InChI is InChI=1S/C19H32N4/c1-7-12-18(13-8-2)14-11-17(21-18)19(22(3)4,23(5)6)16-10-9-15-20-16/h9-11,14-15,20H,7-8,12-13H2,1-6H3. The van der Waals surface area contributed by atoms with Gasteiger partial charge < -0.3 is 4.98 Å². The van der Waals surface area contributed by atoms with Crippen molar-refractivity contribution in [3.63, 3.8) is 0 Å². The number of aromatic nitrogens is 1. The van der Waals surface area contributed by atoms with Crippen molar-refractivity contribution in [1.82, 2.24) is 14.8 Å². The minimum atomic E-state index is -0.372. The minimum Gasteiger partial charge on any atom is -0.362 e. The average molecular weight is 316 g/mol. The Balaban J connectivity index is 2.56. The zero-order valence-corrected chi connectivity index (χ0v) is 15.6. The molecule has 0 atom stereocenters. The van der Waals surface area contributed by atoms with E-state index in [1.807, 2.05) is 6.20 Å². The van der Waals surface area contributed by atoms with Crippen LogP contribution in [0.25, 0.3) is 0 Å². The van der Waals surface area contributed by atoms with Crippen LogP contribution in [0.5, 0.6) is 0 Å². The number of nitrogens with one attached hydrogen (secondary N) is 1. The molecule has 0 bridgehead atoms. The molecule has 0 unspecified atom stereocenters. The van der Waals surface area contributed by atoms with Crippen LogP contribution in [0.3, 0.4) is 0 Å². The number of aliphatic imine (C=N–C) groups is 1. The van der Waals surface area contributed by atoms with Crippen molar-refractivity contribution in [2.75, 3.05) is 28.2 Å². The van der Waals surface area contributed by atoms with Crippen LogP contribution >= 0.6 is 0 Å². The lowest BCUT2D eigenvalue weighted by Gasteiger charge is -2.44. The summed E-state index contributed by atoms with van der Waals surface area (Å²) in [6.07, 6.45) is 11.1. The van der Waals surface area contributed by atoms with Gasteiger partial charge in [-0.15, -0.1) is 0 Å². The van der Waals surface area contributed by atoms with E-state index < -0.39 is 0 Å². The fourth-order valence-corrected chi connectivity index (χ4v) is 4.04. The highest BCUT2D eigenvalue weighted by Gasteiger charge is 2.45. The molecule has 0 spiro atoms. The summed E-state index contributed by atoms with van der Waals surface area (Å²) < 4.78 is 0. The van der Waals surface area contributed by atoms with Crippen molar-refractivity contribution in [3.8, 4) is 0 Å². The maximum atomic E-state index is 5.27. The number of rotatable bonds is 8. The Labute approximate surface area is 141 Å². The third-order valence-corrected chi connectivity index (χ3v) is 4.89. The van der Waals surface area contributed by atoms with E-state index in [1.165, 1.54) is 0 Å². The minimum absolute atomic E-state index is 0.0251. The Bertz CT molecular complexity index is 538. The van der Waals surface area contributed by atoms with E-state index in [-0.39, 0.29) is 11.2 Å². The van der Waals surface area contributed by atoms with Crippen LogP contribution in [-0.4, -0.2) is 54.2 Å². The van der Waals surface area contributed by atoms with Gasteiger partial charge in [-0.05, 0) is 59.2 Å². The number of hydrogen-bond acceptors (Lipinski definition) is 3. The average Bonchev–Trinajstić information content (AvgIpc) is 3.11. The topological polar surface area (TPSA) is 34.6 Å². The van der Waals surface area contributed by atoms with Gasteiger partial charge in [-0.1, -0.05) is 32.8 Å². The van der Waals surface area contributed by atoms with Crippen molar-refractivity contribution in [3.05, 3.63) is 36.2 Å². The highest BCUT2D eigenvalue weighted by Crippen LogP contribution is 2.38. The molecule has 0 amide bonds. The van der Waals surface area contributed by atoms with Gasteiger partial charge in [0.2, 0.25) is 0 Å². The van der Waals surface area contributed by atoms with E-state index in [1.54, 1.807) is 0 Å². The molecule has 0 aromatic carbocycles. The quantitative estimate of drug-likeness (QED) is 0.743. The molecule has 0 fully saturated rings. The predicted molar refractivity (Wildman–Crippen MR) is 99.0 cm³/mol. The molecule has 2 rings (SSSR count). The van der Waals surface area contributed by atoms with Crippen LogP contribution in [0.2, 0.25) is 0 Å². The molecular formula is C19H32N4. The summed E-state index contributed by atoms with van der Waals surface area (Å²) in [6.45, 7) is 4.49. The van der Waals surface area contributed by atoms with E-state index >= 15 is 0 Å². The third kappa shape index (κ3) is 3.02. The van der Waals surface area contributed by atoms with Crippen molar-refractivity contribution >= 4 is 5.71 Å². The van der Waals surface area contributed by atoms with Crippen molar-refractivity contribution < 1.29 is 0 Å². The molecule has 1 aliphatic heterocycles.